The Balaban J connectivity index is 4.27. The Morgan fingerprint density at radius 2 is 2.08 bits per heavy atom. The summed E-state index contributed by atoms with van der Waals surface area (Å²) in [4.78, 5) is 11.3. The van der Waals surface area contributed by atoms with E-state index in [1.807, 2.05) is 45.9 Å². The Labute approximate surface area is 80.7 Å². The Kier molecular flexibility index (Phi) is 5.94. The molecule has 0 aliphatic heterocycles. The predicted octanol–water partition coefficient (Wildman–Crippen LogP) is 2.63. The number of hydrogen-bond donors (Lipinski definition) is 1. The van der Waals surface area contributed by atoms with Gasteiger partial charge in [-0.25, -0.2) is 0 Å². The molecule has 13 heavy (non-hydrogen) atoms. The summed E-state index contributed by atoms with van der Waals surface area (Å²) in [5.41, 5.74) is 0.892. The molecule has 0 heterocycles. The highest BCUT2D eigenvalue weighted by Crippen LogP contribution is 1.98. The van der Waals surface area contributed by atoms with Crippen molar-refractivity contribution in [2.75, 3.05) is 0 Å². The summed E-state index contributed by atoms with van der Waals surface area (Å²) in [5.74, 6) is 0.100. The van der Waals surface area contributed by atoms with Crippen molar-refractivity contribution in [2.24, 2.45) is 5.92 Å². The van der Waals surface area contributed by atoms with E-state index in [4.69, 9.17) is 0 Å². The largest absolute Gasteiger partial charge is 0.326 e. The molecule has 0 spiro atoms. The number of carbonyl (C=O) groups is 1. The summed E-state index contributed by atoms with van der Waals surface area (Å²) in [6, 6.07) is 0. The van der Waals surface area contributed by atoms with Crippen LogP contribution in [0, 0.1) is 5.92 Å². The van der Waals surface area contributed by atoms with E-state index in [1.54, 1.807) is 0 Å². The second-order valence-corrected chi connectivity index (χ2v) is 3.21. The molecule has 0 unspecified atom stereocenters. The molecule has 2 heteroatoms. The van der Waals surface area contributed by atoms with Gasteiger partial charge in [0.2, 0.25) is 5.91 Å². The van der Waals surface area contributed by atoms with Gasteiger partial charge in [-0.1, -0.05) is 32.9 Å². The molecule has 1 N–H and O–H groups in total. The number of rotatable bonds is 4. The molecule has 1 amide bonds. The van der Waals surface area contributed by atoms with Crippen LogP contribution in [0.3, 0.4) is 0 Å². The van der Waals surface area contributed by atoms with E-state index in [-0.39, 0.29) is 11.8 Å². The lowest BCUT2D eigenvalue weighted by atomic mass is 10.2. The second kappa shape index (κ2) is 6.46. The SMILES string of the molecule is C/C=C\C(=C/CC)NC(=O)C(C)C. The second-order valence-electron chi connectivity index (χ2n) is 3.21. The minimum atomic E-state index is 0.0329. The molecule has 0 saturated heterocycles. The third-order valence-electron chi connectivity index (χ3n) is 1.56. The number of amides is 1. The van der Waals surface area contributed by atoms with Crippen LogP contribution in [-0.4, -0.2) is 5.91 Å². The quantitative estimate of drug-likeness (QED) is 0.664. The Morgan fingerprint density at radius 3 is 2.46 bits per heavy atom. The molecule has 0 aromatic heterocycles. The van der Waals surface area contributed by atoms with E-state index in [0.717, 1.165) is 12.1 Å². The number of carbonyl (C=O) groups excluding carboxylic acids is 1. The zero-order chi connectivity index (χ0) is 10.3. The van der Waals surface area contributed by atoms with E-state index in [2.05, 4.69) is 5.32 Å². The maximum Gasteiger partial charge on any atom is 0.226 e. The van der Waals surface area contributed by atoms with Crippen LogP contribution in [0.4, 0.5) is 0 Å². The molecule has 0 fully saturated rings. The number of hydrogen-bond acceptors (Lipinski definition) is 1. The highest BCUT2D eigenvalue weighted by molar-refractivity contribution is 5.80. The van der Waals surface area contributed by atoms with E-state index in [9.17, 15) is 4.79 Å². The van der Waals surface area contributed by atoms with E-state index < -0.39 is 0 Å². The zero-order valence-electron chi connectivity index (χ0n) is 8.92. The van der Waals surface area contributed by atoms with Crippen molar-refractivity contribution >= 4 is 5.91 Å². The lowest BCUT2D eigenvalue weighted by molar-refractivity contribution is -0.123. The van der Waals surface area contributed by atoms with Gasteiger partial charge in [-0.05, 0) is 19.4 Å². The first-order chi connectivity index (χ1) is 6.11. The molecule has 74 valence electrons. The van der Waals surface area contributed by atoms with Gasteiger partial charge in [-0.15, -0.1) is 0 Å². The molecule has 0 rings (SSSR count). The monoisotopic (exact) mass is 181 g/mol. The first-order valence-electron chi connectivity index (χ1n) is 4.75. The van der Waals surface area contributed by atoms with Gasteiger partial charge < -0.3 is 5.32 Å². The molecule has 0 bridgehead atoms. The first kappa shape index (κ1) is 11.9. The maximum absolute atomic E-state index is 11.3. The molecule has 0 aliphatic carbocycles. The molecule has 0 saturated carbocycles. The molecule has 0 radical (unpaired) electrons. The third-order valence-corrected chi connectivity index (χ3v) is 1.56. The molecule has 0 atom stereocenters. The smallest absolute Gasteiger partial charge is 0.226 e. The van der Waals surface area contributed by atoms with Crippen LogP contribution in [0.5, 0.6) is 0 Å². The van der Waals surface area contributed by atoms with Gasteiger partial charge in [-0.3, -0.25) is 4.79 Å². The van der Waals surface area contributed by atoms with Crippen molar-refractivity contribution in [3.8, 4) is 0 Å². The molecular formula is C11H19NO. The van der Waals surface area contributed by atoms with Crippen molar-refractivity contribution in [3.05, 3.63) is 23.9 Å². The Morgan fingerprint density at radius 1 is 1.46 bits per heavy atom. The standard InChI is InChI=1S/C11H19NO/c1-5-7-10(8-6-2)12-11(13)9(3)4/h5,7-9H,6H2,1-4H3,(H,12,13)/b7-5-,10-8+. The highest BCUT2D eigenvalue weighted by Gasteiger charge is 2.06. The average molecular weight is 181 g/mol. The van der Waals surface area contributed by atoms with Crippen LogP contribution in [0.2, 0.25) is 0 Å². The molecular weight excluding hydrogens is 162 g/mol. The van der Waals surface area contributed by atoms with Crippen LogP contribution in [0.25, 0.3) is 0 Å². The van der Waals surface area contributed by atoms with Crippen LogP contribution in [-0.2, 0) is 4.79 Å². The minimum Gasteiger partial charge on any atom is -0.326 e. The summed E-state index contributed by atoms with van der Waals surface area (Å²) >= 11 is 0. The van der Waals surface area contributed by atoms with Crippen molar-refractivity contribution in [1.29, 1.82) is 0 Å². The fourth-order valence-electron chi connectivity index (χ4n) is 0.847. The van der Waals surface area contributed by atoms with Crippen molar-refractivity contribution in [1.82, 2.24) is 5.32 Å². The van der Waals surface area contributed by atoms with Crippen molar-refractivity contribution < 1.29 is 4.79 Å². The van der Waals surface area contributed by atoms with Gasteiger partial charge in [0.15, 0.2) is 0 Å². The van der Waals surface area contributed by atoms with Crippen LogP contribution in [0.1, 0.15) is 34.1 Å². The van der Waals surface area contributed by atoms with Gasteiger partial charge >= 0.3 is 0 Å². The summed E-state index contributed by atoms with van der Waals surface area (Å²) in [6.45, 7) is 7.75. The summed E-state index contributed by atoms with van der Waals surface area (Å²) in [7, 11) is 0. The van der Waals surface area contributed by atoms with Crippen LogP contribution in [0.15, 0.2) is 23.9 Å². The lowest BCUT2D eigenvalue weighted by Gasteiger charge is -2.07. The fraction of sp³-hybridized carbons (Fsp3) is 0.545. The number of allylic oxidation sites excluding steroid dienone is 3. The topological polar surface area (TPSA) is 29.1 Å². The molecule has 2 nitrogen and oxygen atoms in total. The molecule has 0 aromatic rings. The fourth-order valence-corrected chi connectivity index (χ4v) is 0.847. The summed E-state index contributed by atoms with van der Waals surface area (Å²) in [5, 5.41) is 2.85. The lowest BCUT2D eigenvalue weighted by Crippen LogP contribution is -2.26. The highest BCUT2D eigenvalue weighted by atomic mass is 16.1. The van der Waals surface area contributed by atoms with Gasteiger partial charge in [0.25, 0.3) is 0 Å². The Hall–Kier alpha value is -1.05. The molecule has 0 aromatic carbocycles. The number of nitrogens with one attached hydrogen (secondary N) is 1. The third kappa shape index (κ3) is 5.23. The van der Waals surface area contributed by atoms with E-state index in [1.165, 1.54) is 0 Å². The van der Waals surface area contributed by atoms with E-state index in [0.29, 0.717) is 0 Å². The normalized spacial score (nSPS) is 12.5. The van der Waals surface area contributed by atoms with Gasteiger partial charge in [0.1, 0.15) is 0 Å². The van der Waals surface area contributed by atoms with Gasteiger partial charge in [0.05, 0.1) is 0 Å². The van der Waals surface area contributed by atoms with Crippen LogP contribution >= 0.6 is 0 Å². The summed E-state index contributed by atoms with van der Waals surface area (Å²) < 4.78 is 0. The summed E-state index contributed by atoms with van der Waals surface area (Å²) in [6.07, 6.45) is 6.75. The van der Waals surface area contributed by atoms with Gasteiger partial charge in [0, 0.05) is 11.6 Å². The molecule has 0 aliphatic rings. The maximum atomic E-state index is 11.3. The zero-order valence-corrected chi connectivity index (χ0v) is 8.92. The van der Waals surface area contributed by atoms with Crippen LogP contribution < -0.4 is 5.32 Å². The Bertz CT molecular complexity index is 214. The average Bonchev–Trinajstić information content (AvgIpc) is 2.05. The van der Waals surface area contributed by atoms with Gasteiger partial charge in [-0.2, -0.15) is 0 Å². The first-order valence-corrected chi connectivity index (χ1v) is 4.75. The van der Waals surface area contributed by atoms with Crippen molar-refractivity contribution in [3.63, 3.8) is 0 Å². The minimum absolute atomic E-state index is 0.0329. The van der Waals surface area contributed by atoms with E-state index >= 15 is 0 Å². The predicted molar refractivity (Wildman–Crippen MR) is 56.2 cm³/mol. The van der Waals surface area contributed by atoms with Crippen molar-refractivity contribution in [2.45, 2.75) is 34.1 Å².